The Bertz CT molecular complexity index is 1260. The lowest BCUT2D eigenvalue weighted by Gasteiger charge is -2.29. The summed E-state index contributed by atoms with van der Waals surface area (Å²) in [6.07, 6.45) is 4.17. The van der Waals surface area contributed by atoms with E-state index in [-0.39, 0.29) is 10.9 Å². The van der Waals surface area contributed by atoms with E-state index in [0.717, 1.165) is 25.5 Å². The zero-order valence-corrected chi connectivity index (χ0v) is 17.9. The summed E-state index contributed by atoms with van der Waals surface area (Å²) in [6.45, 7) is 5.34. The smallest absolute Gasteiger partial charge is 0.241 e. The molecule has 0 unspecified atom stereocenters. The van der Waals surface area contributed by atoms with Crippen LogP contribution in [-0.4, -0.2) is 23.5 Å². The van der Waals surface area contributed by atoms with Crippen LogP contribution in [0.15, 0.2) is 41.4 Å². The zero-order chi connectivity index (χ0) is 21.7. The van der Waals surface area contributed by atoms with Gasteiger partial charge < -0.3 is 4.57 Å². The summed E-state index contributed by atoms with van der Waals surface area (Å²) in [4.78, 5) is 4.41. The number of aromatic nitrogens is 2. The van der Waals surface area contributed by atoms with Crippen molar-refractivity contribution in [2.45, 2.75) is 56.5 Å². The molecule has 2 aromatic heterocycles. The van der Waals surface area contributed by atoms with Gasteiger partial charge in [0.2, 0.25) is 10.0 Å². The summed E-state index contributed by atoms with van der Waals surface area (Å²) >= 11 is 0. The summed E-state index contributed by atoms with van der Waals surface area (Å²) in [6, 6.07) is 10.2. The van der Waals surface area contributed by atoms with Crippen LogP contribution in [0.4, 0.5) is 4.39 Å². The lowest BCUT2D eigenvalue weighted by molar-refractivity contribution is 0.323. The Hall–Kier alpha value is -2.76. The highest BCUT2D eigenvalue weighted by molar-refractivity contribution is 7.89. The average molecular weight is 427 g/mol. The van der Waals surface area contributed by atoms with E-state index >= 15 is 0 Å². The highest BCUT2D eigenvalue weighted by atomic mass is 32.2. The Morgan fingerprint density at radius 3 is 2.43 bits per heavy atom. The maximum atomic E-state index is 13.9. The Morgan fingerprint density at radius 1 is 1.23 bits per heavy atom. The average Bonchev–Trinajstić information content (AvgIpc) is 2.91. The molecule has 0 spiro atoms. The fourth-order valence-corrected chi connectivity index (χ4v) is 5.23. The Labute approximate surface area is 175 Å². The molecule has 0 bridgehead atoms. The molecule has 1 aromatic carbocycles. The molecule has 0 aliphatic heterocycles. The second-order valence-electron chi connectivity index (χ2n) is 8.69. The van der Waals surface area contributed by atoms with E-state index in [1.165, 1.54) is 18.2 Å². The predicted molar refractivity (Wildman–Crippen MR) is 113 cm³/mol. The second-order valence-corrected chi connectivity index (χ2v) is 10.4. The van der Waals surface area contributed by atoms with Gasteiger partial charge in [-0.15, -0.1) is 0 Å². The van der Waals surface area contributed by atoms with Crippen LogP contribution in [0.5, 0.6) is 0 Å². The maximum Gasteiger partial charge on any atom is 0.241 e. The topological polar surface area (TPSA) is 87.8 Å². The van der Waals surface area contributed by atoms with E-state index in [2.05, 4.69) is 15.8 Å². The highest BCUT2D eigenvalue weighted by Crippen LogP contribution is 2.42. The molecule has 4 rings (SSSR count). The standard InChI is InChI=1S/C22H23FN4O2S/c1-22(2,3)26-30(28,29)17-9-7-14(8-10-17)20-19(12-24)18-11-15(23)13-25-21(18)27(20)16-5-4-6-16/h7-11,13,16,26H,4-6H2,1-3H3. The number of sulfonamides is 1. The van der Waals surface area contributed by atoms with Crippen molar-refractivity contribution >= 4 is 21.1 Å². The van der Waals surface area contributed by atoms with Gasteiger partial charge in [0.1, 0.15) is 17.5 Å². The van der Waals surface area contributed by atoms with E-state index < -0.39 is 21.4 Å². The van der Waals surface area contributed by atoms with Crippen molar-refractivity contribution in [3.63, 3.8) is 0 Å². The molecule has 0 saturated heterocycles. The van der Waals surface area contributed by atoms with Gasteiger partial charge in [0, 0.05) is 17.0 Å². The first-order valence-corrected chi connectivity index (χ1v) is 11.3. The lowest BCUT2D eigenvalue weighted by atomic mass is 9.92. The maximum absolute atomic E-state index is 13.9. The van der Waals surface area contributed by atoms with Gasteiger partial charge in [0.05, 0.1) is 22.3 Å². The van der Waals surface area contributed by atoms with Gasteiger partial charge in [-0.3, -0.25) is 0 Å². The first-order chi connectivity index (χ1) is 14.1. The van der Waals surface area contributed by atoms with Crippen LogP contribution >= 0.6 is 0 Å². The van der Waals surface area contributed by atoms with E-state index in [0.29, 0.717) is 27.9 Å². The van der Waals surface area contributed by atoms with E-state index in [4.69, 9.17) is 0 Å². The van der Waals surface area contributed by atoms with E-state index in [1.54, 1.807) is 32.9 Å². The van der Waals surface area contributed by atoms with Crippen molar-refractivity contribution in [1.29, 1.82) is 5.26 Å². The van der Waals surface area contributed by atoms with Gasteiger partial charge in [-0.2, -0.15) is 5.26 Å². The van der Waals surface area contributed by atoms with Gasteiger partial charge in [-0.25, -0.2) is 22.5 Å². The molecular formula is C22H23FN4O2S. The molecule has 0 amide bonds. The number of nitrogens with zero attached hydrogens (tertiary/aromatic N) is 3. The predicted octanol–water partition coefficient (Wildman–Crippen LogP) is 4.52. The molecule has 1 fully saturated rings. The van der Waals surface area contributed by atoms with Crippen molar-refractivity contribution < 1.29 is 12.8 Å². The number of hydrogen-bond acceptors (Lipinski definition) is 4. The van der Waals surface area contributed by atoms with Crippen molar-refractivity contribution in [1.82, 2.24) is 14.3 Å². The van der Waals surface area contributed by atoms with Crippen molar-refractivity contribution in [2.75, 3.05) is 0 Å². The molecule has 0 radical (unpaired) electrons. The minimum absolute atomic E-state index is 0.148. The molecular weight excluding hydrogens is 403 g/mol. The summed E-state index contributed by atoms with van der Waals surface area (Å²) < 4.78 is 43.7. The van der Waals surface area contributed by atoms with Crippen molar-refractivity contribution in [3.8, 4) is 17.3 Å². The molecule has 1 N–H and O–H groups in total. The van der Waals surface area contributed by atoms with Gasteiger partial charge in [-0.1, -0.05) is 12.1 Å². The van der Waals surface area contributed by atoms with E-state index in [9.17, 15) is 18.1 Å². The number of nitrogens with one attached hydrogen (secondary N) is 1. The van der Waals surface area contributed by atoms with Crippen LogP contribution < -0.4 is 4.72 Å². The minimum atomic E-state index is -3.67. The molecule has 1 aliphatic rings. The zero-order valence-electron chi connectivity index (χ0n) is 17.1. The van der Waals surface area contributed by atoms with Crippen LogP contribution in [0.25, 0.3) is 22.3 Å². The SMILES string of the molecule is CC(C)(C)NS(=O)(=O)c1ccc(-c2c(C#N)c3cc(F)cnc3n2C2CCC2)cc1. The molecule has 2 heterocycles. The molecule has 6 nitrogen and oxygen atoms in total. The molecule has 0 atom stereocenters. The number of pyridine rings is 1. The van der Waals surface area contributed by atoms with Gasteiger partial charge in [-0.05, 0) is 63.8 Å². The van der Waals surface area contributed by atoms with Gasteiger partial charge >= 0.3 is 0 Å². The largest absolute Gasteiger partial charge is 0.321 e. The first-order valence-electron chi connectivity index (χ1n) is 9.85. The molecule has 1 aliphatic carbocycles. The molecule has 30 heavy (non-hydrogen) atoms. The number of hydrogen-bond donors (Lipinski definition) is 1. The minimum Gasteiger partial charge on any atom is -0.321 e. The Kier molecular flexibility index (Phi) is 4.91. The number of benzene rings is 1. The summed E-state index contributed by atoms with van der Waals surface area (Å²) in [5.41, 5.74) is 1.69. The molecule has 3 aromatic rings. The van der Waals surface area contributed by atoms with Crippen LogP contribution in [-0.2, 0) is 10.0 Å². The number of halogens is 1. The summed E-state index contributed by atoms with van der Waals surface area (Å²) in [5.74, 6) is -0.494. The normalized spacial score (nSPS) is 15.2. The third-order valence-corrected chi connectivity index (χ3v) is 7.01. The van der Waals surface area contributed by atoms with E-state index in [1.807, 2.05) is 4.57 Å². The van der Waals surface area contributed by atoms with Crippen molar-refractivity contribution in [3.05, 3.63) is 47.9 Å². The molecule has 1 saturated carbocycles. The number of nitriles is 1. The molecule has 8 heteroatoms. The summed E-state index contributed by atoms with van der Waals surface area (Å²) in [7, 11) is -3.67. The molecule has 156 valence electrons. The second kappa shape index (κ2) is 7.18. The number of rotatable bonds is 4. The van der Waals surface area contributed by atoms with Crippen LogP contribution in [0, 0.1) is 17.1 Å². The third kappa shape index (κ3) is 3.59. The Balaban J connectivity index is 1.87. The Morgan fingerprint density at radius 2 is 1.90 bits per heavy atom. The number of fused-ring (bicyclic) bond motifs is 1. The first kappa shape index (κ1) is 20.5. The third-order valence-electron chi connectivity index (χ3n) is 5.24. The van der Waals surface area contributed by atoms with Gasteiger partial charge in [0.25, 0.3) is 0 Å². The monoisotopic (exact) mass is 426 g/mol. The fourth-order valence-electron chi connectivity index (χ4n) is 3.81. The van der Waals surface area contributed by atoms with Gasteiger partial charge in [0.15, 0.2) is 0 Å². The van der Waals surface area contributed by atoms with Crippen molar-refractivity contribution in [2.24, 2.45) is 0 Å². The quantitative estimate of drug-likeness (QED) is 0.665. The lowest BCUT2D eigenvalue weighted by Crippen LogP contribution is -2.40. The van der Waals surface area contributed by atoms with Crippen LogP contribution in [0.3, 0.4) is 0 Å². The van der Waals surface area contributed by atoms with Crippen LogP contribution in [0.1, 0.15) is 51.6 Å². The van der Waals surface area contributed by atoms with Crippen LogP contribution in [0.2, 0.25) is 0 Å². The summed E-state index contributed by atoms with van der Waals surface area (Å²) in [5, 5.41) is 10.3. The highest BCUT2D eigenvalue weighted by Gasteiger charge is 2.29. The fraction of sp³-hybridized carbons (Fsp3) is 0.364.